The first kappa shape index (κ1) is 13.0. The zero-order chi connectivity index (χ0) is 14.1. The van der Waals surface area contributed by atoms with Crippen LogP contribution in [-0.2, 0) is 14.3 Å². The van der Waals surface area contributed by atoms with E-state index in [2.05, 4.69) is 15.0 Å². The average Bonchev–Trinajstić information content (AvgIpc) is 3.04. The summed E-state index contributed by atoms with van der Waals surface area (Å²) in [6, 6.07) is 0. The number of esters is 1. The summed E-state index contributed by atoms with van der Waals surface area (Å²) in [5, 5.41) is 0. The van der Waals surface area contributed by atoms with Crippen molar-refractivity contribution in [3.05, 3.63) is 18.9 Å². The van der Waals surface area contributed by atoms with Crippen LogP contribution in [0.2, 0.25) is 0 Å². The molecule has 0 N–H and O–H groups in total. The molecule has 0 saturated carbocycles. The summed E-state index contributed by atoms with van der Waals surface area (Å²) in [6.45, 7) is 4.17. The van der Waals surface area contributed by atoms with Gasteiger partial charge in [0.1, 0.15) is 17.9 Å². The van der Waals surface area contributed by atoms with E-state index in [0.29, 0.717) is 24.2 Å². The summed E-state index contributed by atoms with van der Waals surface area (Å²) in [7, 11) is 0. The third kappa shape index (κ3) is 2.24. The Morgan fingerprint density at radius 2 is 2.35 bits per heavy atom. The van der Waals surface area contributed by atoms with Crippen molar-refractivity contribution in [3.63, 3.8) is 0 Å². The molecule has 0 aromatic carbocycles. The third-order valence-electron chi connectivity index (χ3n) is 3.26. The summed E-state index contributed by atoms with van der Waals surface area (Å²) in [5.74, 6) is -0.373. The Morgan fingerprint density at radius 3 is 3.15 bits per heavy atom. The smallest absolute Gasteiger partial charge is 0.308 e. The van der Waals surface area contributed by atoms with E-state index in [1.54, 1.807) is 17.1 Å². The van der Waals surface area contributed by atoms with Crippen LogP contribution in [0.1, 0.15) is 26.5 Å². The standard InChI is InChI=1S/C13H16N4O3/c1-8(2)13(18)20-10-3-4-19-12(10)17-7-16-9-5-14-6-15-11(9)17/h5-8,10,12H,3-4H2,1-2H3. The highest BCUT2D eigenvalue weighted by Gasteiger charge is 2.34. The van der Waals surface area contributed by atoms with Gasteiger partial charge in [-0.2, -0.15) is 0 Å². The molecule has 20 heavy (non-hydrogen) atoms. The van der Waals surface area contributed by atoms with Crippen LogP contribution in [0.3, 0.4) is 0 Å². The molecule has 2 atom stereocenters. The van der Waals surface area contributed by atoms with E-state index in [1.807, 2.05) is 13.8 Å². The van der Waals surface area contributed by atoms with E-state index in [4.69, 9.17) is 9.47 Å². The van der Waals surface area contributed by atoms with Gasteiger partial charge in [-0.05, 0) is 0 Å². The summed E-state index contributed by atoms with van der Waals surface area (Å²) in [6.07, 6.45) is 4.74. The van der Waals surface area contributed by atoms with Crippen molar-refractivity contribution >= 4 is 17.1 Å². The molecule has 0 bridgehead atoms. The number of aromatic nitrogens is 4. The van der Waals surface area contributed by atoms with Gasteiger partial charge in [0.15, 0.2) is 11.9 Å². The number of hydrogen-bond donors (Lipinski definition) is 0. The molecule has 2 aromatic rings. The summed E-state index contributed by atoms with van der Waals surface area (Å²) in [4.78, 5) is 24.1. The van der Waals surface area contributed by atoms with E-state index in [1.165, 1.54) is 6.33 Å². The largest absolute Gasteiger partial charge is 0.457 e. The molecule has 0 amide bonds. The number of nitrogens with zero attached hydrogens (tertiary/aromatic N) is 4. The maximum atomic E-state index is 11.7. The molecule has 1 saturated heterocycles. The van der Waals surface area contributed by atoms with E-state index in [9.17, 15) is 4.79 Å². The van der Waals surface area contributed by atoms with Crippen LogP contribution >= 0.6 is 0 Å². The Labute approximate surface area is 115 Å². The maximum Gasteiger partial charge on any atom is 0.308 e. The molecular formula is C13H16N4O3. The van der Waals surface area contributed by atoms with Crippen LogP contribution < -0.4 is 0 Å². The molecule has 106 valence electrons. The first-order chi connectivity index (χ1) is 9.66. The Kier molecular flexibility index (Phi) is 3.35. The van der Waals surface area contributed by atoms with Gasteiger partial charge in [-0.25, -0.2) is 15.0 Å². The van der Waals surface area contributed by atoms with Crippen LogP contribution in [0, 0.1) is 5.92 Å². The molecule has 2 unspecified atom stereocenters. The van der Waals surface area contributed by atoms with Crippen LogP contribution in [-0.4, -0.2) is 38.2 Å². The van der Waals surface area contributed by atoms with Crippen molar-refractivity contribution in [2.45, 2.75) is 32.6 Å². The second-order valence-electron chi connectivity index (χ2n) is 5.06. The minimum atomic E-state index is -0.377. The predicted molar refractivity (Wildman–Crippen MR) is 69.6 cm³/mol. The summed E-state index contributed by atoms with van der Waals surface area (Å²) < 4.78 is 13.0. The summed E-state index contributed by atoms with van der Waals surface area (Å²) in [5.41, 5.74) is 1.37. The maximum absolute atomic E-state index is 11.7. The van der Waals surface area contributed by atoms with Crippen molar-refractivity contribution in [2.75, 3.05) is 6.61 Å². The highest BCUT2D eigenvalue weighted by molar-refractivity contribution is 5.72. The topological polar surface area (TPSA) is 79.1 Å². The fraction of sp³-hybridized carbons (Fsp3) is 0.538. The van der Waals surface area contributed by atoms with Gasteiger partial charge in [0.25, 0.3) is 0 Å². The van der Waals surface area contributed by atoms with Crippen LogP contribution in [0.25, 0.3) is 11.2 Å². The monoisotopic (exact) mass is 276 g/mol. The Morgan fingerprint density at radius 1 is 1.50 bits per heavy atom. The number of fused-ring (bicyclic) bond motifs is 1. The van der Waals surface area contributed by atoms with Crippen molar-refractivity contribution in [1.29, 1.82) is 0 Å². The van der Waals surface area contributed by atoms with Gasteiger partial charge in [-0.1, -0.05) is 13.8 Å². The lowest BCUT2D eigenvalue weighted by Crippen LogP contribution is -2.27. The minimum Gasteiger partial charge on any atom is -0.457 e. The predicted octanol–water partition coefficient (Wildman–Crippen LogP) is 1.31. The molecule has 3 rings (SSSR count). The van der Waals surface area contributed by atoms with E-state index < -0.39 is 0 Å². The molecule has 1 fully saturated rings. The molecule has 2 aromatic heterocycles. The Bertz CT molecular complexity index is 625. The van der Waals surface area contributed by atoms with Crippen molar-refractivity contribution in [2.24, 2.45) is 5.92 Å². The highest BCUT2D eigenvalue weighted by atomic mass is 16.6. The number of carbonyl (C=O) groups is 1. The number of hydrogen-bond acceptors (Lipinski definition) is 6. The molecule has 0 spiro atoms. The van der Waals surface area contributed by atoms with Gasteiger partial charge in [-0.3, -0.25) is 9.36 Å². The van der Waals surface area contributed by atoms with Gasteiger partial charge in [0, 0.05) is 6.42 Å². The van der Waals surface area contributed by atoms with Crippen molar-refractivity contribution in [1.82, 2.24) is 19.5 Å². The summed E-state index contributed by atoms with van der Waals surface area (Å²) >= 11 is 0. The van der Waals surface area contributed by atoms with Gasteiger partial charge in [0.2, 0.25) is 0 Å². The Hall–Kier alpha value is -2.02. The van der Waals surface area contributed by atoms with Crippen LogP contribution in [0.15, 0.2) is 18.9 Å². The van der Waals surface area contributed by atoms with Crippen LogP contribution in [0.4, 0.5) is 0 Å². The minimum absolute atomic E-state index is 0.155. The molecule has 0 aliphatic carbocycles. The normalized spacial score (nSPS) is 22.6. The third-order valence-corrected chi connectivity index (χ3v) is 3.26. The first-order valence-electron chi connectivity index (χ1n) is 6.61. The molecule has 3 heterocycles. The fourth-order valence-electron chi connectivity index (χ4n) is 2.19. The first-order valence-corrected chi connectivity index (χ1v) is 6.61. The second kappa shape index (κ2) is 5.16. The fourth-order valence-corrected chi connectivity index (χ4v) is 2.19. The molecule has 7 heteroatoms. The molecule has 1 aliphatic rings. The SMILES string of the molecule is CC(C)C(=O)OC1CCOC1n1cnc2cncnc21. The lowest BCUT2D eigenvalue weighted by atomic mass is 10.2. The number of ether oxygens (including phenoxy) is 2. The highest BCUT2D eigenvalue weighted by Crippen LogP contribution is 2.29. The number of imidazole rings is 1. The lowest BCUT2D eigenvalue weighted by Gasteiger charge is -2.21. The van der Waals surface area contributed by atoms with Crippen LogP contribution in [0.5, 0.6) is 0 Å². The zero-order valence-electron chi connectivity index (χ0n) is 11.4. The Balaban J connectivity index is 1.87. The van der Waals surface area contributed by atoms with E-state index in [-0.39, 0.29) is 24.2 Å². The average molecular weight is 276 g/mol. The van der Waals surface area contributed by atoms with Crippen molar-refractivity contribution < 1.29 is 14.3 Å². The van der Waals surface area contributed by atoms with Gasteiger partial charge in [-0.15, -0.1) is 0 Å². The number of rotatable bonds is 3. The van der Waals surface area contributed by atoms with E-state index in [0.717, 1.165) is 0 Å². The molecule has 0 radical (unpaired) electrons. The van der Waals surface area contributed by atoms with Gasteiger partial charge >= 0.3 is 5.97 Å². The zero-order valence-corrected chi connectivity index (χ0v) is 11.4. The van der Waals surface area contributed by atoms with Gasteiger partial charge < -0.3 is 9.47 Å². The quantitative estimate of drug-likeness (QED) is 0.786. The van der Waals surface area contributed by atoms with Crippen molar-refractivity contribution in [3.8, 4) is 0 Å². The molecular weight excluding hydrogens is 260 g/mol. The number of carbonyl (C=O) groups excluding carboxylic acids is 1. The van der Waals surface area contributed by atoms with E-state index >= 15 is 0 Å². The van der Waals surface area contributed by atoms with Gasteiger partial charge in [0.05, 0.1) is 25.0 Å². The second-order valence-corrected chi connectivity index (χ2v) is 5.06. The lowest BCUT2D eigenvalue weighted by molar-refractivity contribution is -0.158. The molecule has 7 nitrogen and oxygen atoms in total. The molecule has 1 aliphatic heterocycles.